The number of nitrogens with zero attached hydrogens (tertiary/aromatic N) is 5. The number of benzene rings is 1. The summed E-state index contributed by atoms with van der Waals surface area (Å²) in [5.41, 5.74) is 1.06. The van der Waals surface area contributed by atoms with Crippen LogP contribution in [0.15, 0.2) is 28.8 Å². The van der Waals surface area contributed by atoms with Gasteiger partial charge in [-0.1, -0.05) is 5.16 Å². The molecule has 2 saturated heterocycles. The van der Waals surface area contributed by atoms with E-state index < -0.39 is 18.1 Å². The van der Waals surface area contributed by atoms with E-state index in [1.165, 1.54) is 23.0 Å². The molecule has 0 saturated carbocycles. The summed E-state index contributed by atoms with van der Waals surface area (Å²) in [5, 5.41) is 3.95. The molecule has 1 aromatic carbocycles. The molecule has 2 amide bonds. The number of methoxy groups -OCH3 is 1. The molecule has 1 atom stereocenters. The Morgan fingerprint density at radius 3 is 2.61 bits per heavy atom. The van der Waals surface area contributed by atoms with Gasteiger partial charge in [0.2, 0.25) is 0 Å². The minimum atomic E-state index is -0.633. The third-order valence-corrected chi connectivity index (χ3v) is 6.14. The van der Waals surface area contributed by atoms with Crippen LogP contribution >= 0.6 is 12.2 Å². The van der Waals surface area contributed by atoms with E-state index in [1.807, 2.05) is 4.90 Å². The maximum Gasteiger partial charge on any atom is 0.416 e. The first-order valence-corrected chi connectivity index (χ1v) is 10.8. The maximum absolute atomic E-state index is 15.0. The lowest BCUT2D eigenvalue weighted by Gasteiger charge is -2.36. The zero-order valence-corrected chi connectivity index (χ0v) is 19.3. The summed E-state index contributed by atoms with van der Waals surface area (Å²) in [5.74, 6) is -0.0980. The van der Waals surface area contributed by atoms with E-state index >= 15 is 4.39 Å². The van der Waals surface area contributed by atoms with Crippen molar-refractivity contribution < 1.29 is 28.0 Å². The summed E-state index contributed by atoms with van der Waals surface area (Å²) in [6, 6.07) is 6.21. The smallest absolute Gasteiger partial charge is 0.416 e. The molecular formula is C21H24FN5O5S. The van der Waals surface area contributed by atoms with Gasteiger partial charge < -0.3 is 23.8 Å². The predicted molar refractivity (Wildman–Crippen MR) is 121 cm³/mol. The first-order valence-electron chi connectivity index (χ1n) is 10.3. The third-order valence-electron chi connectivity index (χ3n) is 5.69. The molecule has 1 aromatic heterocycles. The summed E-state index contributed by atoms with van der Waals surface area (Å²) in [6.45, 7) is 3.69. The molecule has 1 unspecified atom stereocenters. The number of anilines is 2. The number of amides is 2. The number of rotatable bonds is 4. The average Bonchev–Trinajstić information content (AvgIpc) is 3.43. The molecule has 2 aromatic rings. The zero-order chi connectivity index (χ0) is 23.7. The van der Waals surface area contributed by atoms with Gasteiger partial charge in [-0.15, -0.1) is 0 Å². The van der Waals surface area contributed by atoms with Gasteiger partial charge in [0, 0.05) is 39.3 Å². The molecular weight excluding hydrogens is 453 g/mol. The number of ether oxygens (including phenoxy) is 2. The van der Waals surface area contributed by atoms with Gasteiger partial charge >= 0.3 is 6.09 Å². The Hall–Kier alpha value is -3.41. The van der Waals surface area contributed by atoms with E-state index in [1.54, 1.807) is 37.1 Å². The van der Waals surface area contributed by atoms with Gasteiger partial charge in [-0.2, -0.15) is 0 Å². The van der Waals surface area contributed by atoms with Crippen LogP contribution in [0.4, 0.5) is 20.6 Å². The molecule has 176 valence electrons. The van der Waals surface area contributed by atoms with Crippen molar-refractivity contribution in [2.24, 2.45) is 0 Å². The standard InChI is InChI=1S/C21H24FN5O5S/c1-13-10-16(23-32-13)19(28)26-8-6-25(7-9-26)17-5-4-14(11-15(17)22)27-12-18(31-20(27)29)24(2)21(33)30-3/h4-5,10-11,18H,6-9,12H2,1-3H3. The largest absolute Gasteiger partial charge is 0.474 e. The van der Waals surface area contributed by atoms with Crippen LogP contribution in [0.1, 0.15) is 16.2 Å². The highest BCUT2D eigenvalue weighted by molar-refractivity contribution is 7.80. The van der Waals surface area contributed by atoms with Crippen LogP contribution in [0.3, 0.4) is 0 Å². The first kappa shape index (κ1) is 22.8. The van der Waals surface area contributed by atoms with Gasteiger partial charge in [0.1, 0.15) is 11.6 Å². The lowest BCUT2D eigenvalue weighted by molar-refractivity contribution is 0.0677. The number of carbonyl (C=O) groups excluding carboxylic acids is 2. The van der Waals surface area contributed by atoms with Crippen LogP contribution in [0, 0.1) is 12.7 Å². The third kappa shape index (κ3) is 4.56. The number of hydrogen-bond donors (Lipinski definition) is 0. The highest BCUT2D eigenvalue weighted by Gasteiger charge is 2.36. The van der Waals surface area contributed by atoms with Crippen molar-refractivity contribution in [3.05, 3.63) is 41.5 Å². The number of carbonyl (C=O) groups is 2. The molecule has 2 fully saturated rings. The second kappa shape index (κ2) is 9.22. The zero-order valence-electron chi connectivity index (χ0n) is 18.5. The Labute approximate surface area is 195 Å². The summed E-state index contributed by atoms with van der Waals surface area (Å²) in [7, 11) is 3.09. The van der Waals surface area contributed by atoms with E-state index in [2.05, 4.69) is 5.16 Å². The Balaban J connectivity index is 1.40. The fourth-order valence-electron chi connectivity index (χ4n) is 3.82. The minimum Gasteiger partial charge on any atom is -0.474 e. The fraction of sp³-hybridized carbons (Fsp3) is 0.429. The van der Waals surface area contributed by atoms with Crippen molar-refractivity contribution in [3.63, 3.8) is 0 Å². The Kier molecular flexibility index (Phi) is 6.36. The number of halogens is 1. The summed E-state index contributed by atoms with van der Waals surface area (Å²) in [6.07, 6.45) is -1.22. The van der Waals surface area contributed by atoms with Crippen molar-refractivity contribution in [1.29, 1.82) is 0 Å². The van der Waals surface area contributed by atoms with Crippen LogP contribution in [0.5, 0.6) is 0 Å². The summed E-state index contributed by atoms with van der Waals surface area (Å²) in [4.78, 5) is 31.3. The van der Waals surface area contributed by atoms with Gasteiger partial charge in [0.25, 0.3) is 11.1 Å². The molecule has 0 aliphatic carbocycles. The molecule has 33 heavy (non-hydrogen) atoms. The molecule has 0 spiro atoms. The lowest BCUT2D eigenvalue weighted by atomic mass is 10.2. The minimum absolute atomic E-state index is 0.180. The van der Waals surface area contributed by atoms with Gasteiger partial charge in [0.15, 0.2) is 11.9 Å². The van der Waals surface area contributed by atoms with Crippen LogP contribution in [-0.4, -0.2) is 85.2 Å². The number of likely N-dealkylation sites (N-methyl/N-ethyl adjacent to an activating group) is 1. The molecule has 2 aliphatic rings. The Bertz CT molecular complexity index is 1070. The normalized spacial score (nSPS) is 18.4. The molecule has 2 aliphatic heterocycles. The monoisotopic (exact) mass is 477 g/mol. The van der Waals surface area contributed by atoms with Crippen LogP contribution in [-0.2, 0) is 9.47 Å². The number of piperazine rings is 1. The molecule has 0 radical (unpaired) electrons. The molecule has 0 bridgehead atoms. The fourth-order valence-corrected chi connectivity index (χ4v) is 3.94. The van der Waals surface area contributed by atoms with Gasteiger partial charge in [-0.3, -0.25) is 14.6 Å². The number of aryl methyl sites for hydroxylation is 1. The SMILES string of the molecule is COC(=S)N(C)C1CN(c2ccc(N3CCN(C(=O)c4cc(C)on4)CC3)c(F)c2)C(=O)O1. The summed E-state index contributed by atoms with van der Waals surface area (Å²) < 4.78 is 30.3. The Morgan fingerprint density at radius 1 is 1.27 bits per heavy atom. The van der Waals surface area contributed by atoms with Gasteiger partial charge in [-0.25, -0.2) is 9.18 Å². The van der Waals surface area contributed by atoms with Crippen LogP contribution in [0.25, 0.3) is 0 Å². The molecule has 0 N–H and O–H groups in total. The molecule has 4 rings (SSSR count). The second-order valence-electron chi connectivity index (χ2n) is 7.77. The van der Waals surface area contributed by atoms with E-state index in [0.717, 1.165) is 0 Å². The first-order chi connectivity index (χ1) is 15.8. The molecule has 3 heterocycles. The highest BCUT2D eigenvalue weighted by atomic mass is 32.1. The van der Waals surface area contributed by atoms with E-state index in [9.17, 15) is 9.59 Å². The van der Waals surface area contributed by atoms with Gasteiger partial charge in [-0.05, 0) is 37.3 Å². The Morgan fingerprint density at radius 2 is 2.00 bits per heavy atom. The number of thiocarbonyl (C=S) groups is 1. The van der Waals surface area contributed by atoms with Crippen molar-refractivity contribution in [2.75, 3.05) is 56.7 Å². The van der Waals surface area contributed by atoms with Crippen molar-refractivity contribution in [1.82, 2.24) is 15.0 Å². The lowest BCUT2D eigenvalue weighted by Crippen LogP contribution is -2.49. The van der Waals surface area contributed by atoms with E-state index in [4.69, 9.17) is 26.2 Å². The van der Waals surface area contributed by atoms with Crippen molar-refractivity contribution >= 4 is 40.8 Å². The number of cyclic esters (lactones) is 1. The van der Waals surface area contributed by atoms with Crippen molar-refractivity contribution in [3.8, 4) is 0 Å². The summed E-state index contributed by atoms with van der Waals surface area (Å²) >= 11 is 5.07. The second-order valence-corrected chi connectivity index (χ2v) is 8.12. The number of aromatic nitrogens is 1. The van der Waals surface area contributed by atoms with Crippen LogP contribution < -0.4 is 9.80 Å². The number of hydrogen-bond acceptors (Lipinski definition) is 8. The average molecular weight is 478 g/mol. The molecule has 10 nitrogen and oxygen atoms in total. The quantitative estimate of drug-likeness (QED) is 0.615. The predicted octanol–water partition coefficient (Wildman–Crippen LogP) is 2.23. The molecule has 12 heteroatoms. The van der Waals surface area contributed by atoms with Gasteiger partial charge in [0.05, 0.1) is 25.0 Å². The topological polar surface area (TPSA) is 91.6 Å². The highest BCUT2D eigenvalue weighted by Crippen LogP contribution is 2.29. The maximum atomic E-state index is 15.0. The van der Waals surface area contributed by atoms with E-state index in [0.29, 0.717) is 43.3 Å². The van der Waals surface area contributed by atoms with Crippen molar-refractivity contribution in [2.45, 2.75) is 13.2 Å². The van der Waals surface area contributed by atoms with E-state index in [-0.39, 0.29) is 23.3 Å². The van der Waals surface area contributed by atoms with Crippen LogP contribution in [0.2, 0.25) is 0 Å².